The van der Waals surface area contributed by atoms with Gasteiger partial charge in [-0.1, -0.05) is 48.5 Å². The van der Waals surface area contributed by atoms with Crippen LogP contribution in [0.1, 0.15) is 34.5 Å². The molecule has 158 valence electrons. The van der Waals surface area contributed by atoms with Gasteiger partial charge in [0.1, 0.15) is 12.6 Å². The average Bonchev–Trinajstić information content (AvgIpc) is 3.34. The van der Waals surface area contributed by atoms with E-state index in [1.54, 1.807) is 0 Å². The lowest BCUT2D eigenvalue weighted by atomic mass is 9.98. The molecule has 0 bridgehead atoms. The van der Waals surface area contributed by atoms with E-state index in [4.69, 9.17) is 9.84 Å². The number of carboxylic acids is 1. The minimum Gasteiger partial charge on any atom is -0.480 e. The van der Waals surface area contributed by atoms with Crippen LogP contribution in [-0.4, -0.2) is 46.0 Å². The zero-order chi connectivity index (χ0) is 22.0. The van der Waals surface area contributed by atoms with Crippen LogP contribution >= 0.6 is 0 Å². The Hall–Kier alpha value is -4.21. The summed E-state index contributed by atoms with van der Waals surface area (Å²) in [6, 6.07) is 14.7. The van der Waals surface area contributed by atoms with E-state index in [-0.39, 0.29) is 24.0 Å². The van der Waals surface area contributed by atoms with Crippen LogP contribution in [-0.2, 0) is 9.53 Å². The minimum atomic E-state index is -1.23. The summed E-state index contributed by atoms with van der Waals surface area (Å²) >= 11 is 0. The number of aromatic nitrogens is 2. The standard InChI is InChI=1S/C21H18N4O6/c1-11(20(27)28)22-19(26)17-18(25-31-24-17)23-21(29)30-10-16-14-8-4-2-6-12(14)13-7-3-5-9-15(13)16/h2-9,11,16H,10H2,1H3,(H,22,26)(H,27,28)(H,23,25,29)/t11-/m1/s1. The fourth-order valence-corrected chi connectivity index (χ4v) is 3.48. The minimum absolute atomic E-state index is 0.0721. The van der Waals surface area contributed by atoms with E-state index in [1.807, 2.05) is 48.5 Å². The molecule has 2 amide bonds. The van der Waals surface area contributed by atoms with Crippen molar-refractivity contribution in [3.63, 3.8) is 0 Å². The number of aliphatic carboxylic acids is 1. The van der Waals surface area contributed by atoms with Gasteiger partial charge >= 0.3 is 12.1 Å². The van der Waals surface area contributed by atoms with E-state index < -0.39 is 24.0 Å². The molecule has 0 unspecified atom stereocenters. The Kier molecular flexibility index (Phi) is 5.35. The van der Waals surface area contributed by atoms with E-state index in [2.05, 4.69) is 25.6 Å². The van der Waals surface area contributed by atoms with Gasteiger partial charge in [0.15, 0.2) is 0 Å². The monoisotopic (exact) mass is 422 g/mol. The highest BCUT2D eigenvalue weighted by atomic mass is 16.6. The third-order valence-electron chi connectivity index (χ3n) is 4.99. The molecule has 0 saturated heterocycles. The number of benzene rings is 2. The number of hydrogen-bond donors (Lipinski definition) is 3. The number of anilines is 1. The molecule has 10 heteroatoms. The third kappa shape index (κ3) is 3.95. The van der Waals surface area contributed by atoms with Crippen molar-refractivity contribution in [2.24, 2.45) is 0 Å². The maximum atomic E-state index is 12.3. The van der Waals surface area contributed by atoms with Crippen LogP contribution in [0, 0.1) is 0 Å². The van der Waals surface area contributed by atoms with Crippen LogP contribution in [0.3, 0.4) is 0 Å². The van der Waals surface area contributed by atoms with E-state index in [0.717, 1.165) is 22.3 Å². The van der Waals surface area contributed by atoms with Gasteiger partial charge in [0, 0.05) is 5.92 Å². The first kappa shape index (κ1) is 20.1. The van der Waals surface area contributed by atoms with Gasteiger partial charge in [0.25, 0.3) is 5.91 Å². The highest BCUT2D eigenvalue weighted by Crippen LogP contribution is 2.44. The number of nitrogens with zero attached hydrogens (tertiary/aromatic N) is 2. The predicted molar refractivity (Wildman–Crippen MR) is 108 cm³/mol. The Morgan fingerprint density at radius 2 is 1.68 bits per heavy atom. The summed E-state index contributed by atoms with van der Waals surface area (Å²) in [5.41, 5.74) is 3.95. The van der Waals surface area contributed by atoms with Crippen LogP contribution in [0.5, 0.6) is 0 Å². The third-order valence-corrected chi connectivity index (χ3v) is 4.99. The smallest absolute Gasteiger partial charge is 0.412 e. The highest BCUT2D eigenvalue weighted by Gasteiger charge is 2.29. The number of carbonyl (C=O) groups is 3. The predicted octanol–water partition coefficient (Wildman–Crippen LogP) is 2.63. The first-order valence-electron chi connectivity index (χ1n) is 9.44. The first-order valence-corrected chi connectivity index (χ1v) is 9.44. The van der Waals surface area contributed by atoms with Crippen molar-refractivity contribution < 1.29 is 28.9 Å². The van der Waals surface area contributed by atoms with Crippen molar-refractivity contribution in [1.29, 1.82) is 0 Å². The van der Waals surface area contributed by atoms with Crippen molar-refractivity contribution in [1.82, 2.24) is 15.6 Å². The van der Waals surface area contributed by atoms with Crippen molar-refractivity contribution in [3.8, 4) is 11.1 Å². The van der Waals surface area contributed by atoms with Crippen LogP contribution in [0.2, 0.25) is 0 Å². The highest BCUT2D eigenvalue weighted by molar-refractivity contribution is 6.01. The molecule has 0 spiro atoms. The topological polar surface area (TPSA) is 144 Å². The number of fused-ring (bicyclic) bond motifs is 3. The molecule has 1 aliphatic rings. The van der Waals surface area contributed by atoms with Gasteiger partial charge in [-0.2, -0.15) is 0 Å². The average molecular weight is 422 g/mol. The Morgan fingerprint density at radius 3 is 2.29 bits per heavy atom. The summed E-state index contributed by atoms with van der Waals surface area (Å²) in [7, 11) is 0. The van der Waals surface area contributed by atoms with Gasteiger partial charge in [-0.3, -0.25) is 14.9 Å². The second-order valence-electron chi connectivity index (χ2n) is 6.95. The summed E-state index contributed by atoms with van der Waals surface area (Å²) in [5, 5.41) is 20.3. The summed E-state index contributed by atoms with van der Waals surface area (Å²) < 4.78 is 9.88. The number of amides is 2. The lowest BCUT2D eigenvalue weighted by Crippen LogP contribution is -2.38. The quantitative estimate of drug-likeness (QED) is 0.550. The van der Waals surface area contributed by atoms with Crippen molar-refractivity contribution in [2.75, 3.05) is 11.9 Å². The van der Waals surface area contributed by atoms with E-state index in [0.29, 0.717) is 0 Å². The molecular weight excluding hydrogens is 404 g/mol. The molecule has 1 aliphatic carbocycles. The van der Waals surface area contributed by atoms with Gasteiger partial charge in [-0.05, 0) is 39.5 Å². The van der Waals surface area contributed by atoms with Gasteiger partial charge < -0.3 is 15.2 Å². The van der Waals surface area contributed by atoms with Gasteiger partial charge in [0.2, 0.25) is 11.5 Å². The van der Waals surface area contributed by atoms with E-state index in [9.17, 15) is 14.4 Å². The summed E-state index contributed by atoms with van der Waals surface area (Å²) in [6.07, 6.45) is -0.849. The zero-order valence-corrected chi connectivity index (χ0v) is 16.4. The maximum Gasteiger partial charge on any atom is 0.412 e. The number of nitrogens with one attached hydrogen (secondary N) is 2. The van der Waals surface area contributed by atoms with E-state index in [1.165, 1.54) is 6.92 Å². The Balaban J connectivity index is 1.43. The SMILES string of the molecule is C[C@@H](NC(=O)c1nonc1NC(=O)OCC1c2ccccc2-c2ccccc21)C(=O)O. The molecule has 0 saturated carbocycles. The summed E-state index contributed by atoms with van der Waals surface area (Å²) in [4.78, 5) is 35.4. The Labute approximate surface area is 176 Å². The second-order valence-corrected chi connectivity index (χ2v) is 6.95. The maximum absolute atomic E-state index is 12.3. The van der Waals surface area contributed by atoms with Crippen molar-refractivity contribution in [2.45, 2.75) is 18.9 Å². The first-order chi connectivity index (χ1) is 15.0. The summed E-state index contributed by atoms with van der Waals surface area (Å²) in [6.45, 7) is 1.36. The number of hydrogen-bond acceptors (Lipinski definition) is 7. The van der Waals surface area contributed by atoms with Gasteiger partial charge in [-0.25, -0.2) is 9.42 Å². The van der Waals surface area contributed by atoms with Crippen LogP contribution in [0.15, 0.2) is 53.2 Å². The van der Waals surface area contributed by atoms with Gasteiger partial charge in [-0.15, -0.1) is 0 Å². The molecule has 2 aromatic carbocycles. The number of ether oxygens (including phenoxy) is 1. The van der Waals surface area contributed by atoms with E-state index >= 15 is 0 Å². The van der Waals surface area contributed by atoms with Crippen molar-refractivity contribution >= 4 is 23.8 Å². The fraction of sp³-hybridized carbons (Fsp3) is 0.190. The molecule has 31 heavy (non-hydrogen) atoms. The molecule has 1 heterocycles. The lowest BCUT2D eigenvalue weighted by Gasteiger charge is -2.14. The zero-order valence-electron chi connectivity index (χ0n) is 16.4. The Morgan fingerprint density at radius 1 is 1.06 bits per heavy atom. The van der Waals surface area contributed by atoms with Crippen LogP contribution in [0.4, 0.5) is 10.6 Å². The van der Waals surface area contributed by atoms with Crippen LogP contribution < -0.4 is 10.6 Å². The lowest BCUT2D eigenvalue weighted by molar-refractivity contribution is -0.138. The largest absolute Gasteiger partial charge is 0.480 e. The molecule has 4 rings (SSSR count). The number of carbonyl (C=O) groups excluding carboxylic acids is 2. The molecular formula is C21H18N4O6. The van der Waals surface area contributed by atoms with Gasteiger partial charge in [0.05, 0.1) is 0 Å². The number of carboxylic acid groups (broad SMARTS) is 1. The normalized spacial score (nSPS) is 13.1. The molecule has 0 aliphatic heterocycles. The fourth-order valence-electron chi connectivity index (χ4n) is 3.48. The molecule has 1 atom stereocenters. The molecule has 3 N–H and O–H groups in total. The second kappa shape index (κ2) is 8.27. The van der Waals surface area contributed by atoms with Crippen molar-refractivity contribution in [3.05, 3.63) is 65.4 Å². The molecule has 1 aromatic heterocycles. The Bertz CT molecular complexity index is 1110. The summed E-state index contributed by atoms with van der Waals surface area (Å²) in [5.74, 6) is -2.49. The molecule has 0 radical (unpaired) electrons. The molecule has 3 aromatic rings. The molecule has 10 nitrogen and oxygen atoms in total. The number of rotatable bonds is 6. The van der Waals surface area contributed by atoms with Crippen LogP contribution in [0.25, 0.3) is 11.1 Å². The molecule has 0 fully saturated rings.